The van der Waals surface area contributed by atoms with E-state index in [-0.39, 0.29) is 5.69 Å². The number of benzene rings is 1. The van der Waals surface area contributed by atoms with Crippen LogP contribution in [0.3, 0.4) is 0 Å². The van der Waals surface area contributed by atoms with Gasteiger partial charge in [0.2, 0.25) is 5.43 Å². The van der Waals surface area contributed by atoms with Crippen LogP contribution in [0, 0.1) is 20.8 Å². The minimum absolute atomic E-state index is 0.183. The third-order valence-electron chi connectivity index (χ3n) is 3.79. The molecule has 0 unspecified atom stereocenters. The highest BCUT2D eigenvalue weighted by molar-refractivity contribution is 6.03. The van der Waals surface area contributed by atoms with Crippen molar-refractivity contribution in [3.63, 3.8) is 0 Å². The standard InChI is InChI=1S/C18H17N5O2/c1-11-9-15(24)17(22-23(11)14-7-5-4-6-8-14)18(25)21-16-12(2)19-10-20-13(16)3/h4-10H,1-3H3,(H,21,25). The van der Waals surface area contributed by atoms with Crippen molar-refractivity contribution in [1.29, 1.82) is 0 Å². The van der Waals surface area contributed by atoms with Crippen LogP contribution in [0.15, 0.2) is 47.5 Å². The van der Waals surface area contributed by atoms with Gasteiger partial charge in [-0.05, 0) is 32.9 Å². The van der Waals surface area contributed by atoms with E-state index < -0.39 is 11.3 Å². The van der Waals surface area contributed by atoms with Gasteiger partial charge in [0.1, 0.15) is 6.33 Å². The lowest BCUT2D eigenvalue weighted by molar-refractivity contribution is 0.101. The molecule has 0 fully saturated rings. The fourth-order valence-electron chi connectivity index (χ4n) is 2.48. The number of rotatable bonds is 3. The molecule has 7 heteroatoms. The second-order valence-electron chi connectivity index (χ2n) is 5.62. The Bertz CT molecular complexity index is 976. The van der Waals surface area contributed by atoms with Crippen LogP contribution in [0.1, 0.15) is 27.6 Å². The normalized spacial score (nSPS) is 10.5. The molecule has 0 radical (unpaired) electrons. The van der Waals surface area contributed by atoms with Crippen molar-refractivity contribution >= 4 is 11.6 Å². The number of aryl methyl sites for hydroxylation is 3. The highest BCUT2D eigenvalue weighted by Crippen LogP contribution is 2.15. The fraction of sp³-hybridized carbons (Fsp3) is 0.167. The Hall–Kier alpha value is -3.35. The van der Waals surface area contributed by atoms with Crippen molar-refractivity contribution in [1.82, 2.24) is 19.7 Å². The van der Waals surface area contributed by atoms with Crippen LogP contribution < -0.4 is 10.7 Å². The maximum absolute atomic E-state index is 12.6. The van der Waals surface area contributed by atoms with Gasteiger partial charge in [0, 0.05) is 11.8 Å². The van der Waals surface area contributed by atoms with E-state index in [0.29, 0.717) is 22.8 Å². The molecule has 25 heavy (non-hydrogen) atoms. The third kappa shape index (κ3) is 3.30. The van der Waals surface area contributed by atoms with Gasteiger partial charge >= 0.3 is 0 Å². The Morgan fingerprint density at radius 1 is 1.04 bits per heavy atom. The monoisotopic (exact) mass is 335 g/mol. The van der Waals surface area contributed by atoms with Crippen LogP contribution in [0.5, 0.6) is 0 Å². The van der Waals surface area contributed by atoms with Crippen LogP contribution >= 0.6 is 0 Å². The lowest BCUT2D eigenvalue weighted by Crippen LogP contribution is -2.27. The first kappa shape index (κ1) is 16.5. The number of carbonyl (C=O) groups is 1. The molecule has 2 aromatic heterocycles. The minimum Gasteiger partial charge on any atom is -0.317 e. The molecule has 0 saturated heterocycles. The van der Waals surface area contributed by atoms with Gasteiger partial charge < -0.3 is 5.32 Å². The van der Waals surface area contributed by atoms with Gasteiger partial charge in [0.05, 0.1) is 22.8 Å². The zero-order chi connectivity index (χ0) is 18.0. The Balaban J connectivity index is 2.02. The summed E-state index contributed by atoms with van der Waals surface area (Å²) in [6.45, 7) is 5.28. The quantitative estimate of drug-likeness (QED) is 0.792. The van der Waals surface area contributed by atoms with Crippen molar-refractivity contribution in [2.24, 2.45) is 0 Å². The Kier molecular flexibility index (Phi) is 4.38. The molecule has 2 heterocycles. The first-order valence-electron chi connectivity index (χ1n) is 7.73. The smallest absolute Gasteiger partial charge is 0.280 e. The Morgan fingerprint density at radius 2 is 1.68 bits per heavy atom. The Labute approximate surface area is 144 Å². The van der Waals surface area contributed by atoms with Gasteiger partial charge in [-0.15, -0.1) is 0 Å². The van der Waals surface area contributed by atoms with E-state index in [0.717, 1.165) is 5.69 Å². The zero-order valence-electron chi connectivity index (χ0n) is 14.1. The molecular weight excluding hydrogens is 318 g/mol. The number of aromatic nitrogens is 4. The van der Waals surface area contributed by atoms with Crippen LogP contribution in [0.2, 0.25) is 0 Å². The second-order valence-corrected chi connectivity index (χ2v) is 5.62. The summed E-state index contributed by atoms with van der Waals surface area (Å²) in [6.07, 6.45) is 1.42. The topological polar surface area (TPSA) is 89.8 Å². The van der Waals surface area contributed by atoms with Crippen molar-refractivity contribution in [2.45, 2.75) is 20.8 Å². The first-order valence-corrected chi connectivity index (χ1v) is 7.73. The molecule has 0 atom stereocenters. The zero-order valence-corrected chi connectivity index (χ0v) is 14.1. The number of carbonyl (C=O) groups excluding carboxylic acids is 1. The first-order chi connectivity index (χ1) is 12.0. The molecule has 0 spiro atoms. The number of hydrogen-bond donors (Lipinski definition) is 1. The molecule has 126 valence electrons. The van der Waals surface area contributed by atoms with Crippen molar-refractivity contribution < 1.29 is 4.79 Å². The molecule has 0 aliphatic carbocycles. The molecular formula is C18H17N5O2. The number of para-hydroxylation sites is 1. The van der Waals surface area contributed by atoms with E-state index in [9.17, 15) is 9.59 Å². The molecule has 7 nitrogen and oxygen atoms in total. The molecule has 0 bridgehead atoms. The molecule has 1 N–H and O–H groups in total. The van der Waals surface area contributed by atoms with Crippen LogP contribution in [-0.4, -0.2) is 25.7 Å². The summed E-state index contributed by atoms with van der Waals surface area (Å²) >= 11 is 0. The molecule has 0 aliphatic heterocycles. The summed E-state index contributed by atoms with van der Waals surface area (Å²) in [5, 5.41) is 6.94. The highest BCUT2D eigenvalue weighted by Gasteiger charge is 2.17. The molecule has 0 aliphatic rings. The minimum atomic E-state index is -0.587. The van der Waals surface area contributed by atoms with Gasteiger partial charge in [-0.1, -0.05) is 18.2 Å². The average molecular weight is 335 g/mol. The highest BCUT2D eigenvalue weighted by atomic mass is 16.2. The van der Waals surface area contributed by atoms with Crippen molar-refractivity contribution in [2.75, 3.05) is 5.32 Å². The predicted octanol–water partition coefficient (Wildman–Crippen LogP) is 2.20. The van der Waals surface area contributed by atoms with Crippen LogP contribution in [0.4, 0.5) is 5.69 Å². The lowest BCUT2D eigenvalue weighted by Gasteiger charge is -2.12. The van der Waals surface area contributed by atoms with Gasteiger partial charge in [-0.2, -0.15) is 5.10 Å². The molecule has 3 aromatic rings. The molecule has 0 saturated carbocycles. The number of amides is 1. The van der Waals surface area contributed by atoms with E-state index >= 15 is 0 Å². The van der Waals surface area contributed by atoms with Gasteiger partial charge in [-0.3, -0.25) is 9.59 Å². The summed E-state index contributed by atoms with van der Waals surface area (Å²) in [5.41, 5.74) is 2.52. The van der Waals surface area contributed by atoms with E-state index in [4.69, 9.17) is 0 Å². The molecule has 1 aromatic carbocycles. The molecule has 3 rings (SSSR count). The van der Waals surface area contributed by atoms with Crippen LogP contribution in [0.25, 0.3) is 5.69 Å². The summed E-state index contributed by atoms with van der Waals surface area (Å²) < 4.78 is 1.57. The molecule has 1 amide bonds. The summed E-state index contributed by atoms with van der Waals surface area (Å²) in [5.74, 6) is -0.587. The number of nitrogens with one attached hydrogen (secondary N) is 1. The van der Waals surface area contributed by atoms with Gasteiger partial charge in [0.25, 0.3) is 5.91 Å². The van der Waals surface area contributed by atoms with Gasteiger partial charge in [0.15, 0.2) is 5.69 Å². The lowest BCUT2D eigenvalue weighted by atomic mass is 10.2. The van der Waals surface area contributed by atoms with E-state index in [1.165, 1.54) is 12.4 Å². The van der Waals surface area contributed by atoms with E-state index in [1.54, 1.807) is 25.5 Å². The number of hydrogen-bond acceptors (Lipinski definition) is 5. The largest absolute Gasteiger partial charge is 0.317 e. The van der Waals surface area contributed by atoms with E-state index in [1.807, 2.05) is 30.3 Å². The maximum Gasteiger partial charge on any atom is 0.280 e. The van der Waals surface area contributed by atoms with Crippen molar-refractivity contribution in [3.8, 4) is 5.69 Å². The maximum atomic E-state index is 12.6. The van der Waals surface area contributed by atoms with Crippen molar-refractivity contribution in [3.05, 3.63) is 75.7 Å². The predicted molar refractivity (Wildman–Crippen MR) is 94.0 cm³/mol. The van der Waals surface area contributed by atoms with Crippen LogP contribution in [-0.2, 0) is 0 Å². The summed E-state index contributed by atoms with van der Waals surface area (Å²) in [4.78, 5) is 33.0. The average Bonchev–Trinajstić information content (AvgIpc) is 2.59. The Morgan fingerprint density at radius 3 is 2.32 bits per heavy atom. The number of nitrogens with zero attached hydrogens (tertiary/aromatic N) is 4. The second kappa shape index (κ2) is 6.64. The fourth-order valence-corrected chi connectivity index (χ4v) is 2.48. The van der Waals surface area contributed by atoms with E-state index in [2.05, 4.69) is 20.4 Å². The van der Waals surface area contributed by atoms with Gasteiger partial charge in [-0.25, -0.2) is 14.6 Å². The number of anilines is 1. The summed E-state index contributed by atoms with van der Waals surface area (Å²) in [6, 6.07) is 10.7. The SMILES string of the molecule is Cc1ncnc(C)c1NC(=O)c1nn(-c2ccccc2)c(C)cc1=O. The third-order valence-corrected chi connectivity index (χ3v) is 3.79. The summed E-state index contributed by atoms with van der Waals surface area (Å²) in [7, 11) is 0.